The summed E-state index contributed by atoms with van der Waals surface area (Å²) in [6, 6.07) is 50.1. The molecule has 2 aliphatic rings. The summed E-state index contributed by atoms with van der Waals surface area (Å²) in [6.45, 7) is 11.7. The predicted octanol–water partition coefficient (Wildman–Crippen LogP) is 10.5. The topological polar surface area (TPSA) is 48.8 Å². The van der Waals surface area contributed by atoms with Crippen LogP contribution in [-0.4, -0.2) is 23.7 Å². The fourth-order valence-corrected chi connectivity index (χ4v) is 11.8. The van der Waals surface area contributed by atoms with Crippen molar-refractivity contribution in [2.75, 3.05) is 6.54 Å². The van der Waals surface area contributed by atoms with Crippen LogP contribution in [0.2, 0.25) is 0 Å². The van der Waals surface area contributed by atoms with Crippen molar-refractivity contribution in [3.63, 3.8) is 0 Å². The minimum Gasteiger partial charge on any atom is -0.363 e. The standard InChI is InChI=1S/C50H52N4P2/c1-36-21-20-34-46(52-50(54-48-39(4)24-19-25-40(48)5)56(43-30-14-8-15-31-43)44-32-16-9-17-33-44)45(36)35-51-49(53-47-37(2)22-18-23-38(47)3)55(41-26-10-6-11-27-41)42-28-12-7-13-29-42/h6-20,22-34,36-37,47H,21,35H2,1-5H3,(H,51,53)(H,52,54). The zero-order chi connectivity index (χ0) is 38.9. The average molecular weight is 771 g/mol. The molecule has 0 saturated carbocycles. The largest absolute Gasteiger partial charge is 0.363 e. The van der Waals surface area contributed by atoms with Gasteiger partial charge in [0.2, 0.25) is 0 Å². The van der Waals surface area contributed by atoms with Crippen molar-refractivity contribution in [2.45, 2.75) is 47.1 Å². The van der Waals surface area contributed by atoms with Crippen LogP contribution in [0.1, 0.15) is 38.3 Å². The highest BCUT2D eigenvalue weighted by molar-refractivity contribution is 7.88. The summed E-state index contributed by atoms with van der Waals surface area (Å²) < 4.78 is 0. The van der Waals surface area contributed by atoms with Gasteiger partial charge < -0.3 is 10.6 Å². The third-order valence-corrected chi connectivity index (χ3v) is 15.2. The zero-order valence-electron chi connectivity index (χ0n) is 33.1. The molecule has 5 aromatic carbocycles. The Labute approximate surface area is 336 Å². The lowest BCUT2D eigenvalue weighted by molar-refractivity contribution is 0.549. The van der Waals surface area contributed by atoms with Crippen molar-refractivity contribution < 1.29 is 0 Å². The van der Waals surface area contributed by atoms with Crippen LogP contribution in [0.25, 0.3) is 0 Å². The Balaban J connectivity index is 1.37. The van der Waals surface area contributed by atoms with Gasteiger partial charge in [0, 0.05) is 21.5 Å². The van der Waals surface area contributed by atoms with Crippen molar-refractivity contribution in [1.82, 2.24) is 10.6 Å². The van der Waals surface area contributed by atoms with Crippen LogP contribution in [0.4, 0.5) is 5.69 Å². The smallest absolute Gasteiger partial charge is 0.138 e. The summed E-state index contributed by atoms with van der Waals surface area (Å²) in [5.74, 6) is 0.631. The van der Waals surface area contributed by atoms with Gasteiger partial charge in [-0.25, -0.2) is 4.99 Å². The van der Waals surface area contributed by atoms with E-state index in [4.69, 9.17) is 9.98 Å². The molecule has 3 unspecified atom stereocenters. The average Bonchev–Trinajstić information content (AvgIpc) is 3.22. The van der Waals surface area contributed by atoms with Gasteiger partial charge in [-0.3, -0.25) is 4.99 Å². The molecule has 0 amide bonds. The van der Waals surface area contributed by atoms with Crippen molar-refractivity contribution >= 4 is 53.9 Å². The molecule has 0 fully saturated rings. The molecule has 0 aromatic heterocycles. The van der Waals surface area contributed by atoms with E-state index >= 15 is 0 Å². The molecule has 2 N–H and O–H groups in total. The Morgan fingerprint density at radius 3 is 1.64 bits per heavy atom. The van der Waals surface area contributed by atoms with Crippen molar-refractivity contribution in [3.05, 3.63) is 198 Å². The van der Waals surface area contributed by atoms with Gasteiger partial charge in [-0.2, -0.15) is 0 Å². The Morgan fingerprint density at radius 1 is 0.643 bits per heavy atom. The van der Waals surface area contributed by atoms with Crippen LogP contribution in [-0.2, 0) is 0 Å². The van der Waals surface area contributed by atoms with E-state index in [1.807, 2.05) is 0 Å². The number of nitrogens with one attached hydrogen (secondary N) is 2. The van der Waals surface area contributed by atoms with Crippen LogP contribution >= 0.6 is 15.8 Å². The normalized spacial score (nSPS) is 18.7. The van der Waals surface area contributed by atoms with Gasteiger partial charge in [-0.15, -0.1) is 0 Å². The highest BCUT2D eigenvalue weighted by Gasteiger charge is 2.28. The summed E-state index contributed by atoms with van der Waals surface area (Å²) in [4.78, 5) is 11.2. The van der Waals surface area contributed by atoms with Gasteiger partial charge >= 0.3 is 0 Å². The fourth-order valence-electron chi connectivity index (χ4n) is 7.44. The SMILES string of the molecule is CC1=CC=CC(C)C1NC(=NCC1=C(NC(=Nc2c(C)cccc2C)P(c2ccccc2)c2ccccc2)C=CCC1C)P(c1ccccc1)c1ccccc1. The molecule has 56 heavy (non-hydrogen) atoms. The van der Waals surface area contributed by atoms with E-state index in [0.29, 0.717) is 18.4 Å². The fraction of sp³-hybridized carbons (Fsp3) is 0.200. The number of aryl methyl sites for hydroxylation is 2. The number of rotatable bonds is 11. The highest BCUT2D eigenvalue weighted by atomic mass is 31.1. The monoisotopic (exact) mass is 770 g/mol. The summed E-state index contributed by atoms with van der Waals surface area (Å²) in [5.41, 5.74) is 9.05. The minimum atomic E-state index is -1.02. The van der Waals surface area contributed by atoms with E-state index in [9.17, 15) is 0 Å². The molecule has 0 heterocycles. The van der Waals surface area contributed by atoms with Crippen LogP contribution in [0.3, 0.4) is 0 Å². The molecule has 0 spiro atoms. The second-order valence-electron chi connectivity index (χ2n) is 14.7. The molecule has 5 aromatic rings. The number of benzene rings is 5. The Morgan fingerprint density at radius 2 is 1.14 bits per heavy atom. The zero-order valence-corrected chi connectivity index (χ0v) is 34.9. The quantitative estimate of drug-likeness (QED) is 0.0798. The number of para-hydroxylation sites is 1. The number of hydrogen-bond donors (Lipinski definition) is 2. The molecule has 3 atom stereocenters. The first-order valence-electron chi connectivity index (χ1n) is 19.7. The number of amidine groups is 2. The van der Waals surface area contributed by atoms with Gasteiger partial charge in [0.05, 0.1) is 18.3 Å². The lowest BCUT2D eigenvalue weighted by Crippen LogP contribution is -2.42. The van der Waals surface area contributed by atoms with E-state index in [-0.39, 0.29) is 6.04 Å². The Hall–Kier alpha value is -5.14. The molecule has 2 aliphatic carbocycles. The van der Waals surface area contributed by atoms with E-state index in [1.165, 1.54) is 32.4 Å². The van der Waals surface area contributed by atoms with Crippen molar-refractivity contribution in [2.24, 2.45) is 21.8 Å². The lowest BCUT2D eigenvalue weighted by Gasteiger charge is -2.32. The van der Waals surface area contributed by atoms with E-state index in [0.717, 1.165) is 40.1 Å². The Kier molecular flexibility index (Phi) is 13.0. The summed E-state index contributed by atoms with van der Waals surface area (Å²) in [6.07, 6.45) is 12.2. The molecular formula is C50H52N4P2. The van der Waals surface area contributed by atoms with Gasteiger partial charge in [-0.05, 0) is 83.0 Å². The number of hydrogen-bond acceptors (Lipinski definition) is 2. The van der Waals surface area contributed by atoms with E-state index in [1.54, 1.807) is 0 Å². The number of aliphatic imine (C=N–C) groups is 2. The second-order valence-corrected chi connectivity index (χ2v) is 19.0. The first-order chi connectivity index (χ1) is 27.4. The van der Waals surface area contributed by atoms with E-state index in [2.05, 4.69) is 215 Å². The molecule has 7 rings (SSSR count). The van der Waals surface area contributed by atoms with Gasteiger partial charge in [-0.1, -0.05) is 183 Å². The predicted molar refractivity (Wildman–Crippen MR) is 246 cm³/mol. The molecule has 0 saturated heterocycles. The summed E-state index contributed by atoms with van der Waals surface area (Å²) in [5, 5.41) is 13.1. The maximum atomic E-state index is 5.66. The molecular weight excluding hydrogens is 719 g/mol. The third-order valence-electron chi connectivity index (χ3n) is 10.6. The number of allylic oxidation sites excluding steroid dienone is 4. The lowest BCUT2D eigenvalue weighted by atomic mass is 9.91. The van der Waals surface area contributed by atoms with Crippen molar-refractivity contribution in [1.29, 1.82) is 0 Å². The van der Waals surface area contributed by atoms with Crippen LogP contribution in [0.15, 0.2) is 197 Å². The molecule has 0 radical (unpaired) electrons. The van der Waals surface area contributed by atoms with E-state index < -0.39 is 15.8 Å². The second kappa shape index (κ2) is 18.7. The highest BCUT2D eigenvalue weighted by Crippen LogP contribution is 2.40. The first-order valence-corrected chi connectivity index (χ1v) is 22.3. The molecule has 6 heteroatoms. The van der Waals surface area contributed by atoms with Gasteiger partial charge in [0.25, 0.3) is 0 Å². The van der Waals surface area contributed by atoms with Crippen LogP contribution in [0.5, 0.6) is 0 Å². The Bertz CT molecular complexity index is 2180. The first kappa shape index (κ1) is 39.1. The summed E-state index contributed by atoms with van der Waals surface area (Å²) >= 11 is 0. The van der Waals surface area contributed by atoms with Crippen LogP contribution < -0.4 is 31.9 Å². The van der Waals surface area contributed by atoms with Gasteiger partial charge in [0.15, 0.2) is 0 Å². The number of nitrogens with zero attached hydrogens (tertiary/aromatic N) is 2. The van der Waals surface area contributed by atoms with Crippen molar-refractivity contribution in [3.8, 4) is 0 Å². The van der Waals surface area contributed by atoms with Gasteiger partial charge in [0.1, 0.15) is 11.2 Å². The molecule has 0 aliphatic heterocycles. The van der Waals surface area contributed by atoms with Crippen LogP contribution in [0, 0.1) is 25.7 Å². The maximum Gasteiger partial charge on any atom is 0.138 e. The third kappa shape index (κ3) is 9.27. The molecule has 0 bridgehead atoms. The summed E-state index contributed by atoms with van der Waals surface area (Å²) in [7, 11) is -1.98. The molecule has 4 nitrogen and oxygen atoms in total. The maximum absolute atomic E-state index is 5.66. The molecule has 282 valence electrons. The minimum absolute atomic E-state index is 0.155.